The molecule has 0 aliphatic carbocycles. The summed E-state index contributed by atoms with van der Waals surface area (Å²) in [6, 6.07) is 27.7. The predicted molar refractivity (Wildman–Crippen MR) is 142 cm³/mol. The molecule has 3 aromatic carbocycles. The molecule has 1 atom stereocenters. The van der Waals surface area contributed by atoms with Gasteiger partial charge in [0.1, 0.15) is 11.5 Å². The van der Waals surface area contributed by atoms with E-state index in [4.69, 9.17) is 15.6 Å². The van der Waals surface area contributed by atoms with Crippen molar-refractivity contribution in [2.24, 2.45) is 0 Å². The molecule has 1 N–H and O–H groups in total. The SMILES string of the molecule is [2H]C(c1ccccc1)N(Cc1ccccc1OCCCCCC(=O)O)C(=O)c1ccc(-c2ccco2)cc1. The molecule has 0 fully saturated rings. The summed E-state index contributed by atoms with van der Waals surface area (Å²) in [5.41, 5.74) is 2.85. The van der Waals surface area contributed by atoms with E-state index < -0.39 is 12.5 Å². The van der Waals surface area contributed by atoms with Gasteiger partial charge in [-0.15, -0.1) is 0 Å². The number of carboxylic acid groups (broad SMARTS) is 1. The molecular weight excluding hydrogens is 466 g/mol. The normalized spacial score (nSPS) is 11.9. The highest BCUT2D eigenvalue weighted by atomic mass is 16.5. The van der Waals surface area contributed by atoms with Gasteiger partial charge in [-0.1, -0.05) is 60.7 Å². The van der Waals surface area contributed by atoms with Gasteiger partial charge < -0.3 is 19.2 Å². The molecule has 0 bridgehead atoms. The Bertz CT molecular complexity index is 1310. The third-order valence-corrected chi connectivity index (χ3v) is 5.91. The smallest absolute Gasteiger partial charge is 0.303 e. The molecule has 6 heteroatoms. The summed E-state index contributed by atoms with van der Waals surface area (Å²) >= 11 is 0. The highest BCUT2D eigenvalue weighted by Crippen LogP contribution is 2.24. The van der Waals surface area contributed by atoms with Crippen molar-refractivity contribution in [3.8, 4) is 17.1 Å². The first-order valence-electron chi connectivity index (χ1n) is 13.0. The standard InChI is InChI=1S/C31H31NO5/c33-30(34)15-5-2-8-20-36-29-13-7-6-12-27(29)23-32(22-24-10-3-1-4-11-24)31(35)26-18-16-25(17-19-26)28-14-9-21-37-28/h1,3-4,6-7,9-14,16-19,21H,2,5,8,15,20,22-23H2,(H,33,34)/i22D. The number of furan rings is 1. The van der Waals surface area contributed by atoms with Crippen molar-refractivity contribution in [3.05, 3.63) is 114 Å². The Balaban J connectivity index is 1.53. The molecule has 37 heavy (non-hydrogen) atoms. The van der Waals surface area contributed by atoms with E-state index >= 15 is 0 Å². The summed E-state index contributed by atoms with van der Waals surface area (Å²) in [6.07, 6.45) is 3.86. The Morgan fingerprint density at radius 3 is 2.35 bits per heavy atom. The second-order valence-electron chi connectivity index (χ2n) is 8.69. The van der Waals surface area contributed by atoms with Gasteiger partial charge in [-0.3, -0.25) is 9.59 Å². The third kappa shape index (κ3) is 7.58. The monoisotopic (exact) mass is 498 g/mol. The minimum Gasteiger partial charge on any atom is -0.493 e. The number of nitrogens with zero attached hydrogens (tertiary/aromatic N) is 1. The highest BCUT2D eigenvalue weighted by Gasteiger charge is 2.19. The molecule has 4 aromatic rings. The van der Waals surface area contributed by atoms with Crippen LogP contribution in [0.25, 0.3) is 11.3 Å². The number of amides is 1. The van der Waals surface area contributed by atoms with Gasteiger partial charge in [0.25, 0.3) is 5.91 Å². The zero-order chi connectivity index (χ0) is 26.7. The minimum atomic E-state index is -0.919. The fourth-order valence-corrected chi connectivity index (χ4v) is 3.98. The fraction of sp³-hybridized carbons (Fsp3) is 0.226. The van der Waals surface area contributed by atoms with Crippen LogP contribution in [0.1, 0.15) is 48.5 Å². The van der Waals surface area contributed by atoms with Gasteiger partial charge in [0.2, 0.25) is 0 Å². The maximum absolute atomic E-state index is 13.8. The van der Waals surface area contributed by atoms with E-state index in [1.807, 2.05) is 78.9 Å². The van der Waals surface area contributed by atoms with Crippen LogP contribution in [0.5, 0.6) is 5.75 Å². The summed E-state index contributed by atoms with van der Waals surface area (Å²) in [5, 5.41) is 8.80. The number of carbonyl (C=O) groups excluding carboxylic acids is 1. The van der Waals surface area contributed by atoms with Crippen LogP contribution in [0.3, 0.4) is 0 Å². The van der Waals surface area contributed by atoms with Gasteiger partial charge in [0.15, 0.2) is 0 Å². The van der Waals surface area contributed by atoms with Crippen molar-refractivity contribution in [2.45, 2.75) is 38.7 Å². The zero-order valence-corrected chi connectivity index (χ0v) is 20.6. The maximum atomic E-state index is 13.8. The second-order valence-corrected chi connectivity index (χ2v) is 8.69. The molecular formula is C31H31NO5. The van der Waals surface area contributed by atoms with Gasteiger partial charge in [0, 0.05) is 36.2 Å². The summed E-state index contributed by atoms with van der Waals surface area (Å²) in [6.45, 7) is -0.281. The summed E-state index contributed by atoms with van der Waals surface area (Å²) in [4.78, 5) is 26.0. The van der Waals surface area contributed by atoms with Crippen LogP contribution < -0.4 is 4.74 Å². The van der Waals surface area contributed by atoms with E-state index in [0.717, 1.165) is 29.7 Å². The Morgan fingerprint density at radius 2 is 1.62 bits per heavy atom. The van der Waals surface area contributed by atoms with Crippen LogP contribution in [-0.4, -0.2) is 28.5 Å². The minimum absolute atomic E-state index is 0.153. The molecule has 4 rings (SSSR count). The molecule has 1 heterocycles. The lowest BCUT2D eigenvalue weighted by Crippen LogP contribution is -2.30. The number of para-hydroxylation sites is 1. The first-order valence-corrected chi connectivity index (χ1v) is 12.4. The number of carbonyl (C=O) groups is 2. The van der Waals surface area contributed by atoms with Gasteiger partial charge in [-0.25, -0.2) is 0 Å². The summed E-state index contributed by atoms with van der Waals surface area (Å²) in [7, 11) is 0. The van der Waals surface area contributed by atoms with E-state index in [1.165, 1.54) is 4.90 Å². The van der Waals surface area contributed by atoms with E-state index in [2.05, 4.69) is 0 Å². The lowest BCUT2D eigenvalue weighted by Gasteiger charge is -2.24. The van der Waals surface area contributed by atoms with Crippen molar-refractivity contribution in [3.63, 3.8) is 0 Å². The molecule has 0 spiro atoms. The zero-order valence-electron chi connectivity index (χ0n) is 21.6. The number of carboxylic acids is 1. The number of unbranched alkanes of at least 4 members (excludes halogenated alkanes) is 2. The number of hydrogen-bond acceptors (Lipinski definition) is 4. The van der Waals surface area contributed by atoms with Crippen molar-refractivity contribution in [2.75, 3.05) is 6.61 Å². The second kappa shape index (κ2) is 13.1. The van der Waals surface area contributed by atoms with Crippen molar-refractivity contribution < 1.29 is 25.2 Å². The number of hydrogen-bond donors (Lipinski definition) is 1. The van der Waals surface area contributed by atoms with Crippen LogP contribution in [0, 0.1) is 0 Å². The van der Waals surface area contributed by atoms with Crippen LogP contribution in [0.2, 0.25) is 0 Å². The van der Waals surface area contributed by atoms with Crippen LogP contribution in [0.4, 0.5) is 0 Å². The molecule has 0 saturated heterocycles. The highest BCUT2D eigenvalue weighted by molar-refractivity contribution is 5.94. The van der Waals surface area contributed by atoms with E-state index in [-0.39, 0.29) is 18.9 Å². The van der Waals surface area contributed by atoms with Crippen molar-refractivity contribution in [1.29, 1.82) is 0 Å². The average Bonchev–Trinajstić information content (AvgIpc) is 3.49. The van der Waals surface area contributed by atoms with Crippen LogP contribution >= 0.6 is 0 Å². The number of ether oxygens (including phenoxy) is 1. The largest absolute Gasteiger partial charge is 0.493 e. The van der Waals surface area contributed by atoms with Crippen molar-refractivity contribution >= 4 is 11.9 Å². The quantitative estimate of drug-likeness (QED) is 0.205. The Labute approximate surface area is 218 Å². The third-order valence-electron chi connectivity index (χ3n) is 5.91. The van der Waals surface area contributed by atoms with E-state index in [1.54, 1.807) is 18.4 Å². The Kier molecular flexibility index (Phi) is 8.64. The van der Waals surface area contributed by atoms with Crippen LogP contribution in [0.15, 0.2) is 102 Å². The van der Waals surface area contributed by atoms with Gasteiger partial charge in [-0.05, 0) is 55.2 Å². The van der Waals surface area contributed by atoms with Crippen LogP contribution in [-0.2, 0) is 17.9 Å². The first-order chi connectivity index (χ1) is 18.5. The number of aliphatic carboxylic acids is 1. The van der Waals surface area contributed by atoms with E-state index in [9.17, 15) is 9.59 Å². The van der Waals surface area contributed by atoms with Gasteiger partial charge in [0.05, 0.1) is 14.2 Å². The lowest BCUT2D eigenvalue weighted by molar-refractivity contribution is -0.137. The fourth-order valence-electron chi connectivity index (χ4n) is 3.98. The lowest BCUT2D eigenvalue weighted by atomic mass is 10.1. The number of rotatable bonds is 13. The molecule has 190 valence electrons. The predicted octanol–water partition coefficient (Wildman–Crippen LogP) is 6.81. The topological polar surface area (TPSA) is 80.0 Å². The molecule has 0 aliphatic heterocycles. The molecule has 1 unspecified atom stereocenters. The maximum Gasteiger partial charge on any atom is 0.303 e. The Hall–Kier alpha value is -4.32. The number of benzene rings is 3. The van der Waals surface area contributed by atoms with Crippen molar-refractivity contribution in [1.82, 2.24) is 4.90 Å². The first kappa shape index (κ1) is 24.4. The molecule has 0 aliphatic rings. The van der Waals surface area contributed by atoms with Gasteiger partial charge >= 0.3 is 5.97 Å². The Morgan fingerprint density at radius 1 is 0.865 bits per heavy atom. The summed E-state index contributed by atoms with van der Waals surface area (Å²) < 4.78 is 20.4. The molecule has 1 aromatic heterocycles. The molecule has 0 radical (unpaired) electrons. The van der Waals surface area contributed by atoms with Gasteiger partial charge in [-0.2, -0.15) is 0 Å². The average molecular weight is 499 g/mol. The molecule has 1 amide bonds. The van der Waals surface area contributed by atoms with E-state index in [0.29, 0.717) is 29.9 Å². The summed E-state index contributed by atoms with van der Waals surface area (Å²) in [5.74, 6) is 0.317. The molecule has 6 nitrogen and oxygen atoms in total. The molecule has 0 saturated carbocycles.